The highest BCUT2D eigenvalue weighted by Crippen LogP contribution is 2.16. The molecule has 0 aliphatic carbocycles. The minimum Gasteiger partial charge on any atom is -0.268 e. The van der Waals surface area contributed by atoms with Gasteiger partial charge < -0.3 is 0 Å². The maximum absolute atomic E-state index is 4.69. The second kappa shape index (κ2) is 6.73. The van der Waals surface area contributed by atoms with Crippen molar-refractivity contribution >= 4 is 23.1 Å². The molecular weight excluding hydrogens is 306 g/mol. The number of benzene rings is 2. The molecule has 4 rings (SSSR count). The van der Waals surface area contributed by atoms with Crippen molar-refractivity contribution in [2.45, 2.75) is 13.5 Å². The highest BCUT2D eigenvalue weighted by molar-refractivity contribution is 5.81. The van der Waals surface area contributed by atoms with E-state index in [9.17, 15) is 0 Å². The van der Waals surface area contributed by atoms with Crippen LogP contribution < -0.4 is 0 Å². The van der Waals surface area contributed by atoms with Gasteiger partial charge in [-0.1, -0.05) is 48.0 Å². The van der Waals surface area contributed by atoms with E-state index in [-0.39, 0.29) is 0 Å². The van der Waals surface area contributed by atoms with Gasteiger partial charge in [-0.3, -0.25) is 4.68 Å². The van der Waals surface area contributed by atoms with E-state index in [1.807, 2.05) is 47.4 Å². The molecule has 0 aliphatic rings. The lowest BCUT2D eigenvalue weighted by molar-refractivity contribution is 0.687. The van der Waals surface area contributed by atoms with Crippen LogP contribution in [-0.4, -0.2) is 14.8 Å². The molecule has 0 bridgehead atoms. The van der Waals surface area contributed by atoms with Gasteiger partial charge in [0.25, 0.3) is 0 Å². The van der Waals surface area contributed by atoms with Crippen LogP contribution in [0.4, 0.5) is 0 Å². The summed E-state index contributed by atoms with van der Waals surface area (Å²) in [5, 5.41) is 5.60. The molecule has 25 heavy (non-hydrogen) atoms. The molecule has 2 aromatic carbocycles. The van der Waals surface area contributed by atoms with E-state index < -0.39 is 0 Å². The lowest BCUT2D eigenvalue weighted by Gasteiger charge is -2.00. The summed E-state index contributed by atoms with van der Waals surface area (Å²) >= 11 is 0. The van der Waals surface area contributed by atoms with Crippen LogP contribution in [0.1, 0.15) is 22.4 Å². The minimum atomic E-state index is 0.780. The lowest BCUT2D eigenvalue weighted by Crippen LogP contribution is -1.99. The van der Waals surface area contributed by atoms with E-state index in [1.165, 1.54) is 16.5 Å². The number of pyridine rings is 1. The predicted octanol–water partition coefficient (Wildman–Crippen LogP) is 4.96. The van der Waals surface area contributed by atoms with Crippen molar-refractivity contribution in [3.05, 3.63) is 95.4 Å². The van der Waals surface area contributed by atoms with Crippen LogP contribution in [-0.2, 0) is 6.54 Å². The van der Waals surface area contributed by atoms with Crippen LogP contribution in [0.25, 0.3) is 23.1 Å². The summed E-state index contributed by atoms with van der Waals surface area (Å²) in [6.45, 7) is 2.88. The topological polar surface area (TPSA) is 30.7 Å². The smallest absolute Gasteiger partial charge is 0.0709 e. The fraction of sp³-hybridized carbons (Fsp3) is 0.0909. The van der Waals surface area contributed by atoms with E-state index in [0.29, 0.717) is 0 Å². The monoisotopic (exact) mass is 325 g/mol. The number of hydrogen-bond acceptors (Lipinski definition) is 2. The first-order valence-corrected chi connectivity index (χ1v) is 8.38. The number of hydrogen-bond donors (Lipinski definition) is 0. The Morgan fingerprint density at radius 3 is 2.72 bits per heavy atom. The van der Waals surface area contributed by atoms with Crippen LogP contribution in [0.5, 0.6) is 0 Å². The molecule has 122 valence electrons. The molecule has 0 fully saturated rings. The van der Waals surface area contributed by atoms with Crippen molar-refractivity contribution in [2.75, 3.05) is 0 Å². The highest BCUT2D eigenvalue weighted by Gasteiger charge is 1.99. The van der Waals surface area contributed by atoms with E-state index in [2.05, 4.69) is 54.5 Å². The molecule has 0 saturated carbocycles. The van der Waals surface area contributed by atoms with E-state index in [4.69, 9.17) is 4.98 Å². The SMILES string of the molecule is Cc1ccc2nc(/C=C/c3cnn(Cc4ccccc4)c3)ccc2c1. The van der Waals surface area contributed by atoms with E-state index >= 15 is 0 Å². The molecule has 2 heterocycles. The standard InChI is InChI=1S/C22H19N3/c1-17-7-12-22-20(13-17)9-11-21(24-22)10-8-19-14-23-25(16-19)15-18-5-3-2-4-6-18/h2-14,16H,15H2,1H3/b10-8+. The molecule has 0 N–H and O–H groups in total. The fourth-order valence-corrected chi connectivity index (χ4v) is 2.86. The quantitative estimate of drug-likeness (QED) is 0.531. The van der Waals surface area contributed by atoms with Crippen LogP contribution in [0.15, 0.2) is 73.1 Å². The van der Waals surface area contributed by atoms with Crippen molar-refractivity contribution < 1.29 is 0 Å². The Morgan fingerprint density at radius 1 is 0.960 bits per heavy atom. The summed E-state index contributed by atoms with van der Waals surface area (Å²) in [7, 11) is 0. The molecule has 0 unspecified atom stereocenters. The van der Waals surface area contributed by atoms with Gasteiger partial charge in [0.2, 0.25) is 0 Å². The van der Waals surface area contributed by atoms with E-state index in [1.54, 1.807) is 0 Å². The Kier molecular flexibility index (Phi) is 4.13. The fourth-order valence-electron chi connectivity index (χ4n) is 2.86. The Morgan fingerprint density at radius 2 is 1.84 bits per heavy atom. The molecule has 0 saturated heterocycles. The Labute approximate surface area is 147 Å². The third-order valence-corrected chi connectivity index (χ3v) is 4.15. The Hall–Kier alpha value is -3.20. The number of aromatic nitrogens is 3. The highest BCUT2D eigenvalue weighted by atomic mass is 15.3. The average molecular weight is 325 g/mol. The molecular formula is C22H19N3. The van der Waals surface area contributed by atoms with Gasteiger partial charge in [0.15, 0.2) is 0 Å². The van der Waals surface area contributed by atoms with Crippen molar-refractivity contribution in [2.24, 2.45) is 0 Å². The Balaban J connectivity index is 1.51. The summed E-state index contributed by atoms with van der Waals surface area (Å²) in [4.78, 5) is 4.69. The van der Waals surface area contributed by atoms with Gasteiger partial charge in [-0.2, -0.15) is 5.10 Å². The number of nitrogens with zero attached hydrogens (tertiary/aromatic N) is 3. The van der Waals surface area contributed by atoms with Crippen LogP contribution in [0.2, 0.25) is 0 Å². The number of rotatable bonds is 4. The van der Waals surface area contributed by atoms with Gasteiger partial charge in [0.1, 0.15) is 0 Å². The van der Waals surface area contributed by atoms with Crippen molar-refractivity contribution in [3.63, 3.8) is 0 Å². The summed E-state index contributed by atoms with van der Waals surface area (Å²) < 4.78 is 1.95. The Bertz CT molecular complexity index is 1030. The summed E-state index contributed by atoms with van der Waals surface area (Å²) in [6, 6.07) is 20.8. The summed E-state index contributed by atoms with van der Waals surface area (Å²) in [5.74, 6) is 0. The number of fused-ring (bicyclic) bond motifs is 1. The van der Waals surface area contributed by atoms with Crippen LogP contribution >= 0.6 is 0 Å². The summed E-state index contributed by atoms with van der Waals surface area (Å²) in [5.41, 5.74) is 5.54. The van der Waals surface area contributed by atoms with Crippen LogP contribution in [0.3, 0.4) is 0 Å². The van der Waals surface area contributed by atoms with Gasteiger partial charge in [0.05, 0.1) is 24.0 Å². The maximum Gasteiger partial charge on any atom is 0.0709 e. The van der Waals surface area contributed by atoms with E-state index in [0.717, 1.165) is 23.3 Å². The zero-order valence-electron chi connectivity index (χ0n) is 14.1. The van der Waals surface area contributed by atoms with Gasteiger partial charge in [0, 0.05) is 17.1 Å². The second-order valence-corrected chi connectivity index (χ2v) is 6.22. The van der Waals surface area contributed by atoms with Crippen molar-refractivity contribution in [3.8, 4) is 0 Å². The molecule has 0 radical (unpaired) electrons. The summed E-state index contributed by atoms with van der Waals surface area (Å²) in [6.07, 6.45) is 8.01. The average Bonchev–Trinajstić information content (AvgIpc) is 3.08. The first-order chi connectivity index (χ1) is 12.3. The van der Waals surface area contributed by atoms with Crippen molar-refractivity contribution in [1.82, 2.24) is 14.8 Å². The molecule has 0 spiro atoms. The first-order valence-electron chi connectivity index (χ1n) is 8.38. The van der Waals surface area contributed by atoms with Gasteiger partial charge in [-0.15, -0.1) is 0 Å². The predicted molar refractivity (Wildman–Crippen MR) is 103 cm³/mol. The maximum atomic E-state index is 4.69. The minimum absolute atomic E-state index is 0.780. The van der Waals surface area contributed by atoms with Gasteiger partial charge in [-0.25, -0.2) is 4.98 Å². The van der Waals surface area contributed by atoms with Crippen LogP contribution in [0, 0.1) is 6.92 Å². The third kappa shape index (κ3) is 3.66. The zero-order chi connectivity index (χ0) is 17.1. The largest absolute Gasteiger partial charge is 0.268 e. The normalized spacial score (nSPS) is 11.4. The van der Waals surface area contributed by atoms with Gasteiger partial charge in [-0.05, 0) is 42.8 Å². The lowest BCUT2D eigenvalue weighted by atomic mass is 10.1. The molecule has 3 heteroatoms. The molecule has 0 amide bonds. The number of aryl methyl sites for hydroxylation is 1. The van der Waals surface area contributed by atoms with Gasteiger partial charge >= 0.3 is 0 Å². The first kappa shape index (κ1) is 15.3. The van der Waals surface area contributed by atoms with Crippen molar-refractivity contribution in [1.29, 1.82) is 0 Å². The molecule has 2 aromatic heterocycles. The molecule has 4 aromatic rings. The molecule has 3 nitrogen and oxygen atoms in total. The molecule has 0 atom stereocenters. The zero-order valence-corrected chi connectivity index (χ0v) is 14.1. The molecule has 0 aliphatic heterocycles. The third-order valence-electron chi connectivity index (χ3n) is 4.15. The second-order valence-electron chi connectivity index (χ2n) is 6.22.